The van der Waals surface area contributed by atoms with Crippen LogP contribution in [0.3, 0.4) is 0 Å². The van der Waals surface area contributed by atoms with Crippen LogP contribution in [0, 0.1) is 5.92 Å². The summed E-state index contributed by atoms with van der Waals surface area (Å²) in [5.41, 5.74) is 4.52. The Morgan fingerprint density at radius 1 is 1.33 bits per heavy atom. The van der Waals surface area contributed by atoms with E-state index in [4.69, 9.17) is 0 Å². The fourth-order valence-electron chi connectivity index (χ4n) is 1.92. The van der Waals surface area contributed by atoms with E-state index in [1.807, 2.05) is 17.8 Å². The van der Waals surface area contributed by atoms with E-state index >= 15 is 0 Å². The number of rotatable bonds is 2. The highest BCUT2D eigenvalue weighted by Gasteiger charge is 2.45. The predicted octanol–water partition coefficient (Wildman–Crippen LogP) is 2.81. The third kappa shape index (κ3) is 1.65. The van der Waals surface area contributed by atoms with Gasteiger partial charge in [0.05, 0.1) is 0 Å². The Bertz CT molecular complexity index is 397. The normalized spacial score (nSPS) is 29.8. The topological polar surface area (TPSA) is 24.4 Å². The third-order valence-corrected chi connectivity index (χ3v) is 4.43. The lowest BCUT2D eigenvalue weighted by atomic mass is 10.2. The molecule has 0 amide bonds. The van der Waals surface area contributed by atoms with E-state index < -0.39 is 0 Å². The van der Waals surface area contributed by atoms with Gasteiger partial charge in [-0.15, -0.1) is 0 Å². The molecule has 1 aromatic carbocycles. The molecule has 0 aromatic heterocycles. The molecular weight excluding hydrogens is 204 g/mol. The minimum atomic E-state index is 0.144. The smallest absolute Gasteiger partial charge is 0.126 e. The van der Waals surface area contributed by atoms with Crippen molar-refractivity contribution in [1.82, 2.24) is 5.43 Å². The van der Waals surface area contributed by atoms with Crippen LogP contribution in [0.1, 0.15) is 25.3 Å². The van der Waals surface area contributed by atoms with Crippen molar-refractivity contribution in [2.75, 3.05) is 0 Å². The van der Waals surface area contributed by atoms with E-state index in [-0.39, 0.29) is 4.87 Å². The maximum atomic E-state index is 4.45. The highest BCUT2D eigenvalue weighted by atomic mass is 32.2. The Hall–Kier alpha value is -0.960. The molecule has 0 radical (unpaired) electrons. The van der Waals surface area contributed by atoms with Gasteiger partial charge in [-0.25, -0.2) is 0 Å². The molecule has 15 heavy (non-hydrogen) atoms. The predicted molar refractivity (Wildman–Crippen MR) is 64.8 cm³/mol. The van der Waals surface area contributed by atoms with Gasteiger partial charge in [-0.2, -0.15) is 5.10 Å². The standard InChI is InChI=1S/C12H14N2S/c1-12(10-7-8-10)14-13-11(15-12)9-5-3-2-4-6-9/h2-6,10,14H,7-8H2,1H3/t12-/m0/s1. The second-order valence-corrected chi connectivity index (χ2v) is 5.82. The van der Waals surface area contributed by atoms with E-state index in [1.165, 1.54) is 18.4 Å². The first kappa shape index (κ1) is 9.28. The van der Waals surface area contributed by atoms with Crippen molar-refractivity contribution in [2.45, 2.75) is 24.6 Å². The average Bonchev–Trinajstić information content (AvgIpc) is 3.05. The Morgan fingerprint density at radius 3 is 2.73 bits per heavy atom. The highest BCUT2D eigenvalue weighted by Crippen LogP contribution is 2.48. The number of thioether (sulfide) groups is 1. The highest BCUT2D eigenvalue weighted by molar-refractivity contribution is 8.15. The van der Waals surface area contributed by atoms with Crippen molar-refractivity contribution >= 4 is 16.8 Å². The molecule has 1 aromatic rings. The largest absolute Gasteiger partial charge is 0.292 e. The Balaban J connectivity index is 1.81. The van der Waals surface area contributed by atoms with Crippen LogP contribution in [0.15, 0.2) is 35.4 Å². The van der Waals surface area contributed by atoms with Crippen molar-refractivity contribution in [1.29, 1.82) is 0 Å². The monoisotopic (exact) mass is 218 g/mol. The van der Waals surface area contributed by atoms with Crippen LogP contribution in [0.25, 0.3) is 0 Å². The van der Waals surface area contributed by atoms with E-state index in [0.717, 1.165) is 11.0 Å². The van der Waals surface area contributed by atoms with Crippen LogP contribution in [0.2, 0.25) is 0 Å². The number of hydrazone groups is 1. The summed E-state index contributed by atoms with van der Waals surface area (Å²) in [6, 6.07) is 10.4. The Kier molecular flexibility index (Phi) is 2.02. The summed E-state index contributed by atoms with van der Waals surface area (Å²) in [4.78, 5) is 0.144. The summed E-state index contributed by atoms with van der Waals surface area (Å²) in [7, 11) is 0. The van der Waals surface area contributed by atoms with Crippen LogP contribution in [-0.4, -0.2) is 9.91 Å². The van der Waals surface area contributed by atoms with Crippen molar-refractivity contribution in [3.05, 3.63) is 35.9 Å². The van der Waals surface area contributed by atoms with Gasteiger partial charge in [0.25, 0.3) is 0 Å². The van der Waals surface area contributed by atoms with Crippen LogP contribution >= 0.6 is 11.8 Å². The first-order valence-electron chi connectivity index (χ1n) is 5.37. The maximum Gasteiger partial charge on any atom is 0.126 e. The summed E-state index contributed by atoms with van der Waals surface area (Å²) >= 11 is 1.88. The minimum absolute atomic E-state index is 0.144. The molecule has 78 valence electrons. The number of nitrogens with zero attached hydrogens (tertiary/aromatic N) is 1. The zero-order valence-corrected chi connectivity index (χ0v) is 9.55. The summed E-state index contributed by atoms with van der Waals surface area (Å²) in [5, 5.41) is 5.58. The molecule has 0 saturated heterocycles. The molecule has 2 nitrogen and oxygen atoms in total. The Morgan fingerprint density at radius 2 is 2.07 bits per heavy atom. The number of benzene rings is 1. The van der Waals surface area contributed by atoms with Crippen LogP contribution in [0.4, 0.5) is 0 Å². The molecule has 1 heterocycles. The average molecular weight is 218 g/mol. The lowest BCUT2D eigenvalue weighted by Crippen LogP contribution is -2.34. The fraction of sp³-hybridized carbons (Fsp3) is 0.417. The van der Waals surface area contributed by atoms with Gasteiger partial charge in [-0.3, -0.25) is 5.43 Å². The molecule has 0 unspecified atom stereocenters. The third-order valence-electron chi connectivity index (χ3n) is 3.07. The van der Waals surface area contributed by atoms with Gasteiger partial charge in [0, 0.05) is 5.56 Å². The quantitative estimate of drug-likeness (QED) is 0.825. The van der Waals surface area contributed by atoms with Crippen LogP contribution in [-0.2, 0) is 0 Å². The summed E-state index contributed by atoms with van der Waals surface area (Å²) in [5.74, 6) is 0.799. The van der Waals surface area contributed by atoms with Gasteiger partial charge < -0.3 is 0 Å². The number of hydrogen-bond acceptors (Lipinski definition) is 3. The lowest BCUT2D eigenvalue weighted by molar-refractivity contribution is 0.476. The number of nitrogens with one attached hydrogen (secondary N) is 1. The Labute approximate surface area is 94.1 Å². The van der Waals surface area contributed by atoms with E-state index in [0.29, 0.717) is 0 Å². The summed E-state index contributed by atoms with van der Waals surface area (Å²) in [6.07, 6.45) is 2.68. The second-order valence-electron chi connectivity index (χ2n) is 4.38. The molecule has 1 saturated carbocycles. The SMILES string of the molecule is C[C@]1(C2CC2)NN=C(c2ccccc2)S1. The lowest BCUT2D eigenvalue weighted by Gasteiger charge is -2.21. The molecular formula is C12H14N2S. The molecule has 3 rings (SSSR count). The van der Waals surface area contributed by atoms with Gasteiger partial charge >= 0.3 is 0 Å². The molecule has 1 aliphatic carbocycles. The first-order valence-corrected chi connectivity index (χ1v) is 6.19. The van der Waals surface area contributed by atoms with E-state index in [1.54, 1.807) is 0 Å². The zero-order chi connectivity index (χ0) is 10.3. The molecule has 3 heteroatoms. The van der Waals surface area contributed by atoms with Gasteiger partial charge in [-0.1, -0.05) is 42.1 Å². The van der Waals surface area contributed by atoms with Crippen molar-refractivity contribution in [3.63, 3.8) is 0 Å². The minimum Gasteiger partial charge on any atom is -0.292 e. The second kappa shape index (κ2) is 3.27. The van der Waals surface area contributed by atoms with Gasteiger partial charge in [0.15, 0.2) is 0 Å². The van der Waals surface area contributed by atoms with Crippen molar-refractivity contribution in [3.8, 4) is 0 Å². The van der Waals surface area contributed by atoms with E-state index in [2.05, 4.69) is 41.7 Å². The van der Waals surface area contributed by atoms with Gasteiger partial charge in [-0.05, 0) is 25.7 Å². The molecule has 0 bridgehead atoms. The van der Waals surface area contributed by atoms with Crippen LogP contribution in [0.5, 0.6) is 0 Å². The molecule has 1 N–H and O–H groups in total. The van der Waals surface area contributed by atoms with Crippen LogP contribution < -0.4 is 5.43 Å². The molecule has 2 aliphatic rings. The molecule has 1 fully saturated rings. The van der Waals surface area contributed by atoms with E-state index in [9.17, 15) is 0 Å². The summed E-state index contributed by atoms with van der Waals surface area (Å²) in [6.45, 7) is 2.26. The number of hydrogen-bond donors (Lipinski definition) is 1. The molecule has 0 spiro atoms. The molecule has 1 atom stereocenters. The van der Waals surface area contributed by atoms with Crippen molar-refractivity contribution in [2.24, 2.45) is 11.0 Å². The summed E-state index contributed by atoms with van der Waals surface area (Å²) < 4.78 is 0. The van der Waals surface area contributed by atoms with Gasteiger partial charge in [0.1, 0.15) is 9.91 Å². The fourth-order valence-corrected chi connectivity index (χ4v) is 3.16. The maximum absolute atomic E-state index is 4.45. The van der Waals surface area contributed by atoms with Crippen molar-refractivity contribution < 1.29 is 0 Å². The van der Waals surface area contributed by atoms with Gasteiger partial charge in [0.2, 0.25) is 0 Å². The zero-order valence-electron chi connectivity index (χ0n) is 8.73. The molecule has 1 aliphatic heterocycles. The first-order chi connectivity index (χ1) is 7.28.